The summed E-state index contributed by atoms with van der Waals surface area (Å²) < 4.78 is 5.76. The van der Waals surface area contributed by atoms with Gasteiger partial charge in [-0.2, -0.15) is 0 Å². The lowest BCUT2D eigenvalue weighted by molar-refractivity contribution is 0.166. The minimum atomic E-state index is -0.402. The number of carbonyl (C=O) groups excluding carboxylic acids is 1. The second-order valence-electron chi connectivity index (χ2n) is 8.70. The summed E-state index contributed by atoms with van der Waals surface area (Å²) in [5, 5.41) is 5.86. The number of amides is 2. The van der Waals surface area contributed by atoms with Crippen molar-refractivity contribution in [2.24, 2.45) is 5.41 Å². The smallest absolute Gasteiger partial charge is 0.318 e. The summed E-state index contributed by atoms with van der Waals surface area (Å²) in [4.78, 5) is 12.2. The normalized spacial score (nSPS) is 13.5. The van der Waals surface area contributed by atoms with E-state index in [0.717, 1.165) is 12.2 Å². The van der Waals surface area contributed by atoms with Crippen molar-refractivity contribution in [3.8, 4) is 5.75 Å². The van der Waals surface area contributed by atoms with Crippen LogP contribution in [0.3, 0.4) is 0 Å². The van der Waals surface area contributed by atoms with Crippen molar-refractivity contribution >= 4 is 6.03 Å². The highest BCUT2D eigenvalue weighted by molar-refractivity contribution is 5.74. The van der Waals surface area contributed by atoms with E-state index < -0.39 is 6.23 Å². The Balaban J connectivity index is 2.52. The van der Waals surface area contributed by atoms with Gasteiger partial charge < -0.3 is 15.4 Å². The first-order chi connectivity index (χ1) is 10.9. The fourth-order valence-electron chi connectivity index (χ4n) is 3.06. The first-order valence-electron chi connectivity index (χ1n) is 8.73. The lowest BCUT2D eigenvalue weighted by Gasteiger charge is -2.33. The lowest BCUT2D eigenvalue weighted by Crippen LogP contribution is -2.52. The van der Waals surface area contributed by atoms with E-state index in [2.05, 4.69) is 57.4 Å². The maximum Gasteiger partial charge on any atom is 0.318 e. The van der Waals surface area contributed by atoms with Gasteiger partial charge in [0.05, 0.1) is 0 Å². The van der Waals surface area contributed by atoms with Gasteiger partial charge in [-0.15, -0.1) is 0 Å². The van der Waals surface area contributed by atoms with E-state index in [4.69, 9.17) is 4.74 Å². The number of urea groups is 1. The highest BCUT2D eigenvalue weighted by Gasteiger charge is 2.27. The Morgan fingerprint density at radius 1 is 1.04 bits per heavy atom. The van der Waals surface area contributed by atoms with Crippen molar-refractivity contribution in [3.05, 3.63) is 29.8 Å². The molecule has 0 aliphatic heterocycles. The van der Waals surface area contributed by atoms with Gasteiger partial charge in [-0.3, -0.25) is 0 Å². The maximum absolute atomic E-state index is 12.2. The molecule has 2 amide bonds. The Bertz CT molecular complexity index is 528. The van der Waals surface area contributed by atoms with E-state index in [0.29, 0.717) is 5.92 Å². The van der Waals surface area contributed by atoms with Crippen LogP contribution in [0.25, 0.3) is 0 Å². The third-order valence-electron chi connectivity index (χ3n) is 3.62. The Kier molecular flexibility index (Phi) is 6.70. The van der Waals surface area contributed by atoms with Crippen LogP contribution in [-0.2, 0) is 0 Å². The molecule has 0 heterocycles. The average Bonchev–Trinajstić information content (AvgIpc) is 2.34. The fourth-order valence-corrected chi connectivity index (χ4v) is 3.06. The van der Waals surface area contributed by atoms with Gasteiger partial charge in [0.1, 0.15) is 5.75 Å². The first kappa shape index (κ1) is 20.3. The molecule has 24 heavy (non-hydrogen) atoms. The van der Waals surface area contributed by atoms with Crippen LogP contribution in [0.2, 0.25) is 0 Å². The minimum absolute atomic E-state index is 0.150. The molecule has 0 saturated heterocycles. The molecule has 136 valence electrons. The van der Waals surface area contributed by atoms with E-state index in [1.165, 1.54) is 5.56 Å². The van der Waals surface area contributed by atoms with E-state index >= 15 is 0 Å². The molecule has 0 aromatic heterocycles. The van der Waals surface area contributed by atoms with Crippen LogP contribution in [0.5, 0.6) is 5.75 Å². The summed E-state index contributed by atoms with van der Waals surface area (Å²) in [6.45, 7) is 16.7. The summed E-state index contributed by atoms with van der Waals surface area (Å²) in [7, 11) is 0. The van der Waals surface area contributed by atoms with Crippen molar-refractivity contribution in [1.82, 2.24) is 10.6 Å². The van der Waals surface area contributed by atoms with Gasteiger partial charge in [-0.1, -0.05) is 46.8 Å². The molecular weight excluding hydrogens is 300 g/mol. The van der Waals surface area contributed by atoms with Crippen LogP contribution in [0.15, 0.2) is 24.3 Å². The Morgan fingerprint density at radius 3 is 2.04 bits per heavy atom. The number of benzene rings is 1. The molecule has 1 aromatic carbocycles. The average molecular weight is 335 g/mol. The van der Waals surface area contributed by atoms with E-state index in [-0.39, 0.29) is 17.0 Å². The predicted octanol–water partition coefficient (Wildman–Crippen LogP) is 5.05. The highest BCUT2D eigenvalue weighted by atomic mass is 16.5. The summed E-state index contributed by atoms with van der Waals surface area (Å²) in [6.07, 6.45) is 0.486. The summed E-state index contributed by atoms with van der Waals surface area (Å²) in [5.74, 6) is 1.24. The molecule has 0 aliphatic rings. The molecule has 4 nitrogen and oxygen atoms in total. The van der Waals surface area contributed by atoms with Crippen molar-refractivity contribution in [3.63, 3.8) is 0 Å². The van der Waals surface area contributed by atoms with E-state index in [9.17, 15) is 4.79 Å². The zero-order chi connectivity index (χ0) is 18.5. The molecule has 4 heteroatoms. The second kappa shape index (κ2) is 7.91. The van der Waals surface area contributed by atoms with Crippen LogP contribution >= 0.6 is 0 Å². The molecule has 1 unspecified atom stereocenters. The molecular formula is C20H34N2O2. The van der Waals surface area contributed by atoms with Gasteiger partial charge in [0.25, 0.3) is 0 Å². The quantitative estimate of drug-likeness (QED) is 0.715. The van der Waals surface area contributed by atoms with E-state index in [1.54, 1.807) is 0 Å². The van der Waals surface area contributed by atoms with Crippen molar-refractivity contribution in [2.45, 2.75) is 79.5 Å². The molecule has 1 rings (SSSR count). The van der Waals surface area contributed by atoms with Gasteiger partial charge in [-0.25, -0.2) is 4.79 Å². The Labute approximate surface area is 147 Å². The number of ether oxygens (including phenoxy) is 1. The topological polar surface area (TPSA) is 50.4 Å². The second-order valence-corrected chi connectivity index (χ2v) is 8.70. The molecule has 2 N–H and O–H groups in total. The summed E-state index contributed by atoms with van der Waals surface area (Å²) in [5.41, 5.74) is 1.14. The maximum atomic E-state index is 12.2. The van der Waals surface area contributed by atoms with E-state index in [1.807, 2.05) is 32.9 Å². The molecule has 0 saturated carbocycles. The van der Waals surface area contributed by atoms with Crippen LogP contribution in [0, 0.1) is 5.41 Å². The van der Waals surface area contributed by atoms with Crippen molar-refractivity contribution < 1.29 is 9.53 Å². The van der Waals surface area contributed by atoms with Gasteiger partial charge in [0.15, 0.2) is 6.23 Å². The predicted molar refractivity (Wildman–Crippen MR) is 100 cm³/mol. The van der Waals surface area contributed by atoms with Crippen LogP contribution in [0.1, 0.15) is 73.3 Å². The lowest BCUT2D eigenvalue weighted by atomic mass is 9.82. The van der Waals surface area contributed by atoms with Crippen LogP contribution in [0.4, 0.5) is 4.79 Å². The SMILES string of the molecule is CC(NC(=O)NC(C)(C)CC(C)(C)C)Oc1ccc(C(C)C)cc1. The molecule has 0 fully saturated rings. The van der Waals surface area contributed by atoms with Gasteiger partial charge in [0.2, 0.25) is 0 Å². The van der Waals surface area contributed by atoms with Crippen LogP contribution in [-0.4, -0.2) is 17.8 Å². The summed E-state index contributed by atoms with van der Waals surface area (Å²) >= 11 is 0. The highest BCUT2D eigenvalue weighted by Crippen LogP contribution is 2.26. The van der Waals surface area contributed by atoms with Gasteiger partial charge in [-0.05, 0) is 56.2 Å². The summed E-state index contributed by atoms with van der Waals surface area (Å²) in [6, 6.07) is 7.78. The molecule has 0 spiro atoms. The number of rotatable bonds is 6. The molecule has 0 radical (unpaired) electrons. The number of hydrogen-bond donors (Lipinski definition) is 2. The number of hydrogen-bond acceptors (Lipinski definition) is 2. The molecule has 0 bridgehead atoms. The van der Waals surface area contributed by atoms with Gasteiger partial charge in [0, 0.05) is 5.54 Å². The Morgan fingerprint density at radius 2 is 1.58 bits per heavy atom. The first-order valence-corrected chi connectivity index (χ1v) is 8.73. The monoisotopic (exact) mass is 334 g/mol. The Hall–Kier alpha value is -1.71. The van der Waals surface area contributed by atoms with Crippen molar-refractivity contribution in [1.29, 1.82) is 0 Å². The van der Waals surface area contributed by atoms with Crippen molar-refractivity contribution in [2.75, 3.05) is 0 Å². The zero-order valence-corrected chi connectivity index (χ0v) is 16.5. The third-order valence-corrected chi connectivity index (χ3v) is 3.62. The molecule has 1 aromatic rings. The molecule has 1 atom stereocenters. The largest absolute Gasteiger partial charge is 0.471 e. The number of nitrogens with one attached hydrogen (secondary N) is 2. The third kappa shape index (κ3) is 7.71. The fraction of sp³-hybridized carbons (Fsp3) is 0.650. The number of carbonyl (C=O) groups is 1. The standard InChI is InChI=1S/C20H34N2O2/c1-14(2)16-9-11-17(12-10-16)24-15(3)21-18(23)22-20(7,8)13-19(4,5)6/h9-12,14-15H,13H2,1-8H3,(H2,21,22,23). The molecule has 0 aliphatic carbocycles. The van der Waals surface area contributed by atoms with Gasteiger partial charge >= 0.3 is 6.03 Å². The van der Waals surface area contributed by atoms with Crippen LogP contribution < -0.4 is 15.4 Å². The zero-order valence-electron chi connectivity index (χ0n) is 16.5. The minimum Gasteiger partial charge on any atom is -0.471 e.